The third kappa shape index (κ3) is 2.09. The lowest BCUT2D eigenvalue weighted by Gasteiger charge is -2.14. The molecule has 0 saturated carbocycles. The standard InChI is InChI=1S/C14H9ClO4S/c15-14(13(17)18)6-10-5-8(1-2-11(10)19-14)12(16)9-3-4-20-7-9/h1-5,7H,6H2,(H,17,18). The van der Waals surface area contributed by atoms with Crippen molar-refractivity contribution in [3.63, 3.8) is 0 Å². The number of ketones is 1. The number of thiophene rings is 1. The van der Waals surface area contributed by atoms with Crippen LogP contribution in [0.1, 0.15) is 21.5 Å². The normalized spacial score (nSPS) is 20.2. The molecule has 0 amide bonds. The summed E-state index contributed by atoms with van der Waals surface area (Å²) < 4.78 is 5.24. The molecule has 6 heteroatoms. The van der Waals surface area contributed by atoms with E-state index in [2.05, 4.69) is 0 Å². The maximum atomic E-state index is 12.2. The molecule has 3 rings (SSSR count). The van der Waals surface area contributed by atoms with Crippen LogP contribution in [0.5, 0.6) is 5.75 Å². The van der Waals surface area contributed by atoms with Gasteiger partial charge >= 0.3 is 5.97 Å². The van der Waals surface area contributed by atoms with Crippen molar-refractivity contribution in [3.8, 4) is 5.75 Å². The number of hydrogen-bond acceptors (Lipinski definition) is 4. The molecular weight excluding hydrogens is 300 g/mol. The Bertz CT molecular complexity index is 695. The van der Waals surface area contributed by atoms with E-state index in [0.29, 0.717) is 22.4 Å². The van der Waals surface area contributed by atoms with Crippen LogP contribution in [0.15, 0.2) is 35.0 Å². The quantitative estimate of drug-likeness (QED) is 0.699. The molecule has 0 radical (unpaired) electrons. The van der Waals surface area contributed by atoms with Crippen molar-refractivity contribution in [3.05, 3.63) is 51.7 Å². The van der Waals surface area contributed by atoms with Crippen molar-refractivity contribution in [2.75, 3.05) is 0 Å². The van der Waals surface area contributed by atoms with Crippen LogP contribution in [0.4, 0.5) is 0 Å². The van der Waals surface area contributed by atoms with E-state index >= 15 is 0 Å². The molecule has 0 aliphatic carbocycles. The molecule has 0 bridgehead atoms. The average molecular weight is 309 g/mol. The summed E-state index contributed by atoms with van der Waals surface area (Å²) in [4.78, 5) is 23.3. The molecule has 1 aromatic carbocycles. The number of halogens is 1. The van der Waals surface area contributed by atoms with Gasteiger partial charge in [0.25, 0.3) is 5.06 Å². The van der Waals surface area contributed by atoms with Crippen LogP contribution in [0.3, 0.4) is 0 Å². The van der Waals surface area contributed by atoms with Gasteiger partial charge in [-0.25, -0.2) is 4.79 Å². The van der Waals surface area contributed by atoms with E-state index in [4.69, 9.17) is 21.4 Å². The van der Waals surface area contributed by atoms with E-state index in [1.807, 2.05) is 5.38 Å². The minimum Gasteiger partial charge on any atom is -0.477 e. The number of carboxylic acids is 1. The number of benzene rings is 1. The Hall–Kier alpha value is -1.85. The molecule has 1 atom stereocenters. The number of alkyl halides is 1. The van der Waals surface area contributed by atoms with E-state index in [-0.39, 0.29) is 12.2 Å². The maximum absolute atomic E-state index is 12.2. The highest BCUT2D eigenvalue weighted by Gasteiger charge is 2.45. The first-order chi connectivity index (χ1) is 9.49. The van der Waals surface area contributed by atoms with Crippen LogP contribution in [-0.2, 0) is 11.2 Å². The Labute approximate surface area is 123 Å². The first kappa shape index (κ1) is 13.1. The van der Waals surface area contributed by atoms with Crippen molar-refractivity contribution in [2.45, 2.75) is 11.5 Å². The third-order valence-corrected chi connectivity index (χ3v) is 4.17. The monoisotopic (exact) mass is 308 g/mol. The number of hydrogen-bond donors (Lipinski definition) is 1. The molecule has 102 valence electrons. The zero-order valence-electron chi connectivity index (χ0n) is 10.1. The average Bonchev–Trinajstić information content (AvgIpc) is 3.03. The molecular formula is C14H9ClO4S. The van der Waals surface area contributed by atoms with Gasteiger partial charge in [0.15, 0.2) is 5.78 Å². The molecule has 1 aromatic heterocycles. The second-order valence-electron chi connectivity index (χ2n) is 4.48. The minimum absolute atomic E-state index is 0.0317. The first-order valence-corrected chi connectivity index (χ1v) is 7.13. The van der Waals surface area contributed by atoms with Crippen LogP contribution in [-0.4, -0.2) is 21.9 Å². The minimum atomic E-state index is -1.77. The van der Waals surface area contributed by atoms with Gasteiger partial charge in [-0.05, 0) is 29.6 Å². The number of ether oxygens (including phenoxy) is 1. The number of aliphatic carboxylic acids is 1. The van der Waals surface area contributed by atoms with Crippen molar-refractivity contribution in [1.29, 1.82) is 0 Å². The van der Waals surface area contributed by atoms with E-state index < -0.39 is 11.0 Å². The summed E-state index contributed by atoms with van der Waals surface area (Å²) in [7, 11) is 0. The third-order valence-electron chi connectivity index (χ3n) is 3.11. The molecule has 1 N–H and O–H groups in total. The number of rotatable bonds is 3. The Morgan fingerprint density at radius 3 is 2.75 bits per heavy atom. The van der Waals surface area contributed by atoms with Crippen molar-refractivity contribution < 1.29 is 19.4 Å². The Kier molecular flexibility index (Phi) is 3.03. The zero-order chi connectivity index (χ0) is 14.3. The number of carboxylic acid groups (broad SMARTS) is 1. The molecule has 2 heterocycles. The number of carbonyl (C=O) groups is 2. The summed E-state index contributed by atoms with van der Waals surface area (Å²) in [6.45, 7) is 0. The molecule has 0 saturated heterocycles. The van der Waals surface area contributed by atoms with E-state index in [0.717, 1.165) is 0 Å². The Balaban J connectivity index is 1.94. The topological polar surface area (TPSA) is 63.6 Å². The van der Waals surface area contributed by atoms with Gasteiger partial charge in [-0.1, -0.05) is 11.6 Å². The molecule has 20 heavy (non-hydrogen) atoms. The molecule has 0 spiro atoms. The van der Waals surface area contributed by atoms with Gasteiger partial charge in [-0.2, -0.15) is 11.3 Å². The van der Waals surface area contributed by atoms with Gasteiger partial charge in [-0.15, -0.1) is 0 Å². The van der Waals surface area contributed by atoms with Crippen LogP contribution in [0.25, 0.3) is 0 Å². The summed E-state index contributed by atoms with van der Waals surface area (Å²) in [5.74, 6) is -0.929. The van der Waals surface area contributed by atoms with Crippen molar-refractivity contribution >= 4 is 34.7 Å². The highest BCUT2D eigenvalue weighted by atomic mass is 35.5. The van der Waals surface area contributed by atoms with Gasteiger partial charge in [0, 0.05) is 28.5 Å². The predicted octanol–water partition coefficient (Wildman–Crippen LogP) is 2.93. The molecule has 2 aromatic rings. The zero-order valence-corrected chi connectivity index (χ0v) is 11.7. The highest BCUT2D eigenvalue weighted by molar-refractivity contribution is 7.08. The molecule has 0 fully saturated rings. The SMILES string of the molecule is O=C(c1ccsc1)c1ccc2c(c1)CC(Cl)(C(=O)O)O2. The fraction of sp³-hybridized carbons (Fsp3) is 0.143. The number of carbonyl (C=O) groups excluding carboxylic acids is 1. The van der Waals surface area contributed by atoms with Gasteiger partial charge in [0.2, 0.25) is 0 Å². The lowest BCUT2D eigenvalue weighted by molar-refractivity contribution is -0.147. The lowest BCUT2D eigenvalue weighted by atomic mass is 10.0. The second-order valence-corrected chi connectivity index (χ2v) is 5.87. The van der Waals surface area contributed by atoms with Crippen LogP contribution < -0.4 is 4.74 Å². The van der Waals surface area contributed by atoms with Crippen LogP contribution in [0, 0.1) is 0 Å². The van der Waals surface area contributed by atoms with Crippen LogP contribution >= 0.6 is 22.9 Å². The van der Waals surface area contributed by atoms with Gasteiger partial charge in [-0.3, -0.25) is 4.79 Å². The fourth-order valence-corrected chi connectivity index (χ4v) is 2.96. The maximum Gasteiger partial charge on any atom is 0.364 e. The smallest absolute Gasteiger partial charge is 0.364 e. The summed E-state index contributed by atoms with van der Waals surface area (Å²) in [5, 5.41) is 10.9. The van der Waals surface area contributed by atoms with E-state index in [1.54, 1.807) is 29.6 Å². The summed E-state index contributed by atoms with van der Waals surface area (Å²) in [6, 6.07) is 6.59. The van der Waals surface area contributed by atoms with Gasteiger partial charge in [0.05, 0.1) is 0 Å². The predicted molar refractivity (Wildman–Crippen MR) is 74.7 cm³/mol. The molecule has 1 unspecified atom stereocenters. The van der Waals surface area contributed by atoms with E-state index in [1.165, 1.54) is 11.3 Å². The van der Waals surface area contributed by atoms with Gasteiger partial charge in [0.1, 0.15) is 5.75 Å². The number of fused-ring (bicyclic) bond motifs is 1. The largest absolute Gasteiger partial charge is 0.477 e. The first-order valence-electron chi connectivity index (χ1n) is 5.81. The summed E-state index contributed by atoms with van der Waals surface area (Å²) in [5.41, 5.74) is 1.74. The summed E-state index contributed by atoms with van der Waals surface area (Å²) >= 11 is 7.34. The second kappa shape index (κ2) is 4.61. The van der Waals surface area contributed by atoms with Crippen LogP contribution in [0.2, 0.25) is 0 Å². The highest BCUT2D eigenvalue weighted by Crippen LogP contribution is 2.38. The lowest BCUT2D eigenvalue weighted by Crippen LogP contribution is -2.36. The summed E-state index contributed by atoms with van der Waals surface area (Å²) in [6.07, 6.45) is 0.0317. The van der Waals surface area contributed by atoms with Crippen molar-refractivity contribution in [2.24, 2.45) is 0 Å². The fourth-order valence-electron chi connectivity index (χ4n) is 2.09. The van der Waals surface area contributed by atoms with Gasteiger partial charge < -0.3 is 9.84 Å². The van der Waals surface area contributed by atoms with E-state index in [9.17, 15) is 9.59 Å². The van der Waals surface area contributed by atoms with Crippen molar-refractivity contribution in [1.82, 2.24) is 0 Å². The Morgan fingerprint density at radius 1 is 1.30 bits per heavy atom. The molecule has 1 aliphatic heterocycles. The molecule has 1 aliphatic rings. The Morgan fingerprint density at radius 2 is 2.10 bits per heavy atom. The molecule has 4 nitrogen and oxygen atoms in total.